The number of alkyl halides is 1. The van der Waals surface area contributed by atoms with Gasteiger partial charge >= 0.3 is 0 Å². The van der Waals surface area contributed by atoms with Gasteiger partial charge in [0, 0.05) is 11.9 Å². The highest BCUT2D eigenvalue weighted by Crippen LogP contribution is 2.36. The van der Waals surface area contributed by atoms with E-state index in [0.717, 1.165) is 16.6 Å². The molecule has 0 bridgehead atoms. The third-order valence-corrected chi connectivity index (χ3v) is 4.83. The minimum atomic E-state index is -0.932. The van der Waals surface area contributed by atoms with E-state index < -0.39 is 6.17 Å². The molecule has 3 heterocycles. The standard InChI is InChI=1S/C13H15FN4OS/c1-6-7(2)16-17-12-9(6)10(15)11(20-12)13(19)18-4-3-8(14)5-18/h8H,3-5,15H2,1-2H3/t8-/m0/s1. The molecule has 0 radical (unpaired) electrons. The number of amides is 1. The number of aromatic nitrogens is 2. The molecule has 7 heteroatoms. The van der Waals surface area contributed by atoms with Crippen LogP contribution in [0.15, 0.2) is 0 Å². The Balaban J connectivity index is 2.06. The normalized spacial score (nSPS) is 18.9. The first-order chi connectivity index (χ1) is 9.49. The summed E-state index contributed by atoms with van der Waals surface area (Å²) in [6.07, 6.45) is -0.535. The number of carbonyl (C=O) groups excluding carboxylic acids is 1. The molecule has 106 valence electrons. The van der Waals surface area contributed by atoms with Gasteiger partial charge in [-0.2, -0.15) is 5.10 Å². The molecule has 0 spiro atoms. The largest absolute Gasteiger partial charge is 0.397 e. The Hall–Kier alpha value is -1.76. The van der Waals surface area contributed by atoms with Gasteiger partial charge in [0.15, 0.2) is 0 Å². The molecule has 1 amide bonds. The average Bonchev–Trinajstić information content (AvgIpc) is 2.98. The van der Waals surface area contributed by atoms with E-state index in [1.54, 1.807) is 0 Å². The number of halogens is 1. The Morgan fingerprint density at radius 2 is 2.20 bits per heavy atom. The highest BCUT2D eigenvalue weighted by atomic mass is 32.1. The molecule has 5 nitrogen and oxygen atoms in total. The Kier molecular flexibility index (Phi) is 3.08. The Morgan fingerprint density at radius 3 is 2.85 bits per heavy atom. The first-order valence-corrected chi connectivity index (χ1v) is 7.26. The van der Waals surface area contributed by atoms with Crippen LogP contribution in [0, 0.1) is 13.8 Å². The number of carbonyl (C=O) groups is 1. The van der Waals surface area contributed by atoms with Gasteiger partial charge in [-0.15, -0.1) is 16.4 Å². The van der Waals surface area contributed by atoms with E-state index in [1.807, 2.05) is 13.8 Å². The molecule has 1 aliphatic rings. The number of hydrogen-bond acceptors (Lipinski definition) is 5. The van der Waals surface area contributed by atoms with E-state index in [-0.39, 0.29) is 12.5 Å². The lowest BCUT2D eigenvalue weighted by molar-refractivity contribution is 0.0788. The van der Waals surface area contributed by atoms with Crippen molar-refractivity contribution in [2.45, 2.75) is 26.4 Å². The lowest BCUT2D eigenvalue weighted by Crippen LogP contribution is -2.28. The molecule has 1 saturated heterocycles. The molecule has 1 aliphatic heterocycles. The third kappa shape index (κ3) is 1.93. The molecule has 2 aromatic heterocycles. The number of nitrogen functional groups attached to an aromatic ring is 1. The second-order valence-corrected chi connectivity index (χ2v) is 6.07. The number of thiophene rings is 1. The van der Waals surface area contributed by atoms with Crippen molar-refractivity contribution in [2.75, 3.05) is 18.8 Å². The van der Waals surface area contributed by atoms with Crippen LogP contribution in [-0.2, 0) is 0 Å². The molecule has 0 unspecified atom stereocenters. The summed E-state index contributed by atoms with van der Waals surface area (Å²) in [7, 11) is 0. The van der Waals surface area contributed by atoms with E-state index in [4.69, 9.17) is 5.73 Å². The summed E-state index contributed by atoms with van der Waals surface area (Å²) in [5, 5.41) is 8.93. The summed E-state index contributed by atoms with van der Waals surface area (Å²) < 4.78 is 13.2. The molecule has 1 atom stereocenters. The molecule has 20 heavy (non-hydrogen) atoms. The number of rotatable bonds is 1. The van der Waals surface area contributed by atoms with Gasteiger partial charge in [0.05, 0.1) is 17.9 Å². The van der Waals surface area contributed by atoms with Crippen LogP contribution in [0.2, 0.25) is 0 Å². The molecule has 3 rings (SSSR count). The molecule has 1 fully saturated rings. The zero-order valence-corrected chi connectivity index (χ0v) is 12.1. The fourth-order valence-corrected chi connectivity index (χ4v) is 3.51. The average molecular weight is 294 g/mol. The number of aryl methyl sites for hydroxylation is 2. The van der Waals surface area contributed by atoms with Crippen molar-refractivity contribution in [3.63, 3.8) is 0 Å². The zero-order chi connectivity index (χ0) is 14.4. The summed E-state index contributed by atoms with van der Waals surface area (Å²) in [5.74, 6) is -0.206. The summed E-state index contributed by atoms with van der Waals surface area (Å²) in [5.41, 5.74) is 8.29. The van der Waals surface area contributed by atoms with Crippen molar-refractivity contribution in [3.05, 3.63) is 16.1 Å². The maximum absolute atomic E-state index is 13.2. The number of nitrogens with zero attached hydrogens (tertiary/aromatic N) is 3. The summed E-state index contributed by atoms with van der Waals surface area (Å²) in [6.45, 7) is 4.36. The fourth-order valence-electron chi connectivity index (χ4n) is 2.45. The topological polar surface area (TPSA) is 72.1 Å². The van der Waals surface area contributed by atoms with Crippen molar-refractivity contribution in [2.24, 2.45) is 0 Å². The molecule has 0 aliphatic carbocycles. The van der Waals surface area contributed by atoms with Crippen molar-refractivity contribution < 1.29 is 9.18 Å². The summed E-state index contributed by atoms with van der Waals surface area (Å²) in [6, 6.07) is 0. The minimum Gasteiger partial charge on any atom is -0.397 e. The predicted octanol–water partition coefficient (Wildman–Crippen LogP) is 2.07. The minimum absolute atomic E-state index is 0.149. The molecular formula is C13H15FN4OS. The van der Waals surface area contributed by atoms with Crippen molar-refractivity contribution in [1.29, 1.82) is 0 Å². The number of nitrogens with two attached hydrogens (primary N) is 1. The van der Waals surface area contributed by atoms with Crippen LogP contribution in [0.4, 0.5) is 10.1 Å². The van der Waals surface area contributed by atoms with Gasteiger partial charge in [-0.25, -0.2) is 4.39 Å². The Bertz CT molecular complexity index is 699. The first-order valence-electron chi connectivity index (χ1n) is 6.44. The highest BCUT2D eigenvalue weighted by molar-refractivity contribution is 7.21. The molecule has 0 saturated carbocycles. The van der Waals surface area contributed by atoms with Gasteiger partial charge in [-0.3, -0.25) is 4.79 Å². The second-order valence-electron chi connectivity index (χ2n) is 5.07. The SMILES string of the molecule is Cc1nnc2sc(C(=O)N3CC[C@H](F)C3)c(N)c2c1C. The summed E-state index contributed by atoms with van der Waals surface area (Å²) in [4.78, 5) is 15.0. The van der Waals surface area contributed by atoms with Crippen LogP contribution in [-0.4, -0.2) is 40.3 Å². The molecule has 0 aromatic carbocycles. The number of likely N-dealkylation sites (tertiary alicyclic amines) is 1. The number of hydrogen-bond donors (Lipinski definition) is 1. The van der Waals surface area contributed by atoms with Crippen molar-refractivity contribution >= 4 is 33.1 Å². The smallest absolute Gasteiger partial charge is 0.266 e. The van der Waals surface area contributed by atoms with Gasteiger partial charge in [0.2, 0.25) is 0 Å². The van der Waals surface area contributed by atoms with Gasteiger partial charge in [0.25, 0.3) is 5.91 Å². The third-order valence-electron chi connectivity index (χ3n) is 3.75. The van der Waals surface area contributed by atoms with E-state index in [2.05, 4.69) is 10.2 Å². The maximum Gasteiger partial charge on any atom is 0.266 e. The van der Waals surface area contributed by atoms with Crippen LogP contribution >= 0.6 is 11.3 Å². The van der Waals surface area contributed by atoms with Crippen LogP contribution in [0.1, 0.15) is 27.3 Å². The monoisotopic (exact) mass is 294 g/mol. The van der Waals surface area contributed by atoms with Gasteiger partial charge in [-0.05, 0) is 25.8 Å². The van der Waals surface area contributed by atoms with Gasteiger partial charge in [0.1, 0.15) is 15.9 Å². The molecule has 2 N–H and O–H groups in total. The highest BCUT2D eigenvalue weighted by Gasteiger charge is 2.30. The van der Waals surface area contributed by atoms with E-state index in [0.29, 0.717) is 28.4 Å². The van der Waals surface area contributed by atoms with Crippen LogP contribution in [0.3, 0.4) is 0 Å². The van der Waals surface area contributed by atoms with Gasteiger partial charge < -0.3 is 10.6 Å². The second kappa shape index (κ2) is 4.66. The first kappa shape index (κ1) is 13.2. The zero-order valence-electron chi connectivity index (χ0n) is 11.3. The lowest BCUT2D eigenvalue weighted by atomic mass is 10.1. The molecule has 2 aromatic rings. The van der Waals surface area contributed by atoms with Crippen molar-refractivity contribution in [3.8, 4) is 0 Å². The van der Waals surface area contributed by atoms with E-state index >= 15 is 0 Å². The van der Waals surface area contributed by atoms with Crippen LogP contribution in [0.25, 0.3) is 10.2 Å². The maximum atomic E-state index is 13.2. The van der Waals surface area contributed by atoms with Crippen LogP contribution in [0.5, 0.6) is 0 Å². The van der Waals surface area contributed by atoms with E-state index in [9.17, 15) is 9.18 Å². The quantitative estimate of drug-likeness (QED) is 0.874. The molecular weight excluding hydrogens is 279 g/mol. The summed E-state index contributed by atoms with van der Waals surface area (Å²) >= 11 is 1.23. The Morgan fingerprint density at radius 1 is 1.45 bits per heavy atom. The lowest BCUT2D eigenvalue weighted by Gasteiger charge is -2.14. The van der Waals surface area contributed by atoms with Crippen LogP contribution < -0.4 is 5.73 Å². The Labute approximate surface area is 119 Å². The predicted molar refractivity (Wildman–Crippen MR) is 76.7 cm³/mol. The van der Waals surface area contributed by atoms with Crippen molar-refractivity contribution in [1.82, 2.24) is 15.1 Å². The number of fused-ring (bicyclic) bond motifs is 1. The fraction of sp³-hybridized carbons (Fsp3) is 0.462. The number of anilines is 1. The van der Waals surface area contributed by atoms with E-state index in [1.165, 1.54) is 16.2 Å². The van der Waals surface area contributed by atoms with Gasteiger partial charge in [-0.1, -0.05) is 0 Å².